The number of nitrogens with one attached hydrogen (secondary N) is 20. The number of amides is 14. The molecule has 4 aliphatic rings. The van der Waals surface area contributed by atoms with Crippen LogP contribution < -0.4 is 114 Å². The third kappa shape index (κ3) is 29.3. The largest absolute Gasteiger partial charge is 0.370 e. The number of para-hydroxylation sites is 1. The molecule has 1 aromatic heterocycles. The summed E-state index contributed by atoms with van der Waals surface area (Å²) in [5, 5.41) is 71.6. The fourth-order valence-electron chi connectivity index (χ4n) is 14.9. The number of fused-ring (bicyclic) bond motifs is 2. The van der Waals surface area contributed by atoms with Gasteiger partial charge in [-0.25, -0.2) is 4.39 Å². The van der Waals surface area contributed by atoms with Gasteiger partial charge in [-0.1, -0.05) is 43.2 Å². The van der Waals surface area contributed by atoms with Crippen LogP contribution in [0, 0.1) is 33.4 Å². The van der Waals surface area contributed by atoms with Crippen molar-refractivity contribution < 1.29 is 71.5 Å². The number of carbonyl (C=O) groups excluding carboxylic acids is 14. The molecule has 3 aromatic rings. The Morgan fingerprint density at radius 3 is 1.65 bits per heavy atom. The molecule has 0 unspecified atom stereocenters. The highest BCUT2D eigenvalue weighted by Crippen LogP contribution is 2.34. The molecular weight excluding hydrogens is 1560 g/mol. The number of H-pyrrole nitrogens is 1. The van der Waals surface area contributed by atoms with E-state index in [1.54, 1.807) is 36.5 Å². The Labute approximate surface area is 693 Å². The van der Waals surface area contributed by atoms with Crippen LogP contribution in [0.2, 0.25) is 0 Å². The minimum absolute atomic E-state index is 0.0102. The summed E-state index contributed by atoms with van der Waals surface area (Å²) in [5.74, 6) is -13.9. The Morgan fingerprint density at radius 1 is 0.575 bits per heavy atom. The average molecular weight is 1680 g/mol. The molecule has 1 aliphatic carbocycles. The summed E-state index contributed by atoms with van der Waals surface area (Å²) in [6.07, 6.45) is 2.65. The number of hydrogen-bond donors (Lipinski definition) is 26. The summed E-state index contributed by atoms with van der Waals surface area (Å²) in [7, 11) is 0. The molecule has 7 rings (SSSR count). The van der Waals surface area contributed by atoms with Crippen LogP contribution in [0.5, 0.6) is 0 Å². The highest BCUT2D eigenvalue weighted by molar-refractivity contribution is 6.01. The van der Waals surface area contributed by atoms with Gasteiger partial charge >= 0.3 is 0 Å². The quantitative estimate of drug-likeness (QED) is 0.0144. The van der Waals surface area contributed by atoms with Gasteiger partial charge in [-0.05, 0) is 158 Å². The molecular formula is C77H119FN28O14. The number of hydrogen-bond acceptors (Lipinski definition) is 19. The van der Waals surface area contributed by atoms with Gasteiger partial charge in [0.15, 0.2) is 23.8 Å². The fourth-order valence-corrected chi connectivity index (χ4v) is 14.9. The first-order valence-corrected chi connectivity index (χ1v) is 40.7. The molecule has 120 heavy (non-hydrogen) atoms. The number of benzene rings is 2. The second-order valence-electron chi connectivity index (χ2n) is 30.8. The highest BCUT2D eigenvalue weighted by atomic mass is 19.1. The van der Waals surface area contributed by atoms with Gasteiger partial charge in [0.1, 0.15) is 77.8 Å². The standard InChI is InChI=1S/C77H119FN28O14/c1-42(94-43(2)107)61(109)96-53(23-10-32-90-74(83)84)66(114)101-57(39-46-40-93-49-18-4-3-17-48(46)49)68(116)100-51-19-5-6-20-56(103-72(120)77(28-14-29-77)104-69(117)59-26-13-35-106(59)71(119)58(102-67(51)115)38-44-15-7-16-47(78)37-44)70(118)105-36-27-45(41-105)62(110)97-52(21-8-30-79)64(112)99-55(25-12-34-92-76(87)88)65(113)98-54(24-11-33-91-75(85)86)63(111)95-50(60(80)108)22-9-31-89-73(81)82/h3-4,7,15-18,37,40,42,45,50-59,93H,5-6,8-14,19-36,38-39,41,79H2,1-2H3,(H2,80,108)(H,94,107)(H,95,111)(H,96,109)(H,97,110)(H,98,113)(H,99,112)(H,100,116)(H,101,114)(H,102,115)(H,103,120)(H,104,117)(H4,81,82,89)(H4,83,84,90)(H4,85,86,91)(H4,87,88,92)/t42-,45+,50-,51-,52-,53-,54-,55-,56-,57-,58-,59-/m0/s1. The van der Waals surface area contributed by atoms with Gasteiger partial charge in [0, 0.05) is 82.7 Å². The molecule has 658 valence electrons. The van der Waals surface area contributed by atoms with Crippen LogP contribution in [0.1, 0.15) is 153 Å². The molecule has 12 atom stereocenters. The van der Waals surface area contributed by atoms with E-state index in [0.717, 1.165) is 0 Å². The first kappa shape index (κ1) is 94.7. The van der Waals surface area contributed by atoms with Crippen LogP contribution in [-0.4, -0.2) is 246 Å². The second-order valence-corrected chi connectivity index (χ2v) is 30.8. The van der Waals surface area contributed by atoms with Gasteiger partial charge in [-0.2, -0.15) is 0 Å². The van der Waals surface area contributed by atoms with E-state index < -0.39 is 166 Å². The van der Waals surface area contributed by atoms with Crippen molar-refractivity contribution in [1.29, 1.82) is 21.6 Å². The number of nitrogens with zero attached hydrogens (tertiary/aromatic N) is 2. The molecule has 4 heterocycles. The van der Waals surface area contributed by atoms with Crippen molar-refractivity contribution in [2.24, 2.45) is 40.3 Å². The number of guanidine groups is 4. The number of aromatic amines is 1. The van der Waals surface area contributed by atoms with E-state index in [-0.39, 0.29) is 210 Å². The van der Waals surface area contributed by atoms with Crippen LogP contribution in [0.4, 0.5) is 4.39 Å². The van der Waals surface area contributed by atoms with Crippen molar-refractivity contribution in [1.82, 2.24) is 94.5 Å². The van der Waals surface area contributed by atoms with Crippen LogP contribution in [0.3, 0.4) is 0 Å². The van der Waals surface area contributed by atoms with Gasteiger partial charge in [0.05, 0.1) is 5.92 Å². The lowest BCUT2D eigenvalue weighted by atomic mass is 9.75. The lowest BCUT2D eigenvalue weighted by Crippen LogP contribution is -2.67. The van der Waals surface area contributed by atoms with Gasteiger partial charge in [-0.3, -0.25) is 88.8 Å². The molecule has 1 saturated carbocycles. The van der Waals surface area contributed by atoms with Gasteiger partial charge < -0.3 is 129 Å². The number of likely N-dealkylation sites (tertiary alicyclic amines) is 1. The Balaban J connectivity index is 1.16. The Bertz CT molecular complexity index is 4180. The average Bonchev–Trinajstić information content (AvgIpc) is 1.16. The van der Waals surface area contributed by atoms with E-state index in [1.807, 2.05) is 0 Å². The van der Waals surface area contributed by atoms with E-state index in [1.165, 1.54) is 41.8 Å². The van der Waals surface area contributed by atoms with E-state index in [0.29, 0.717) is 29.3 Å². The maximum atomic E-state index is 15.4. The van der Waals surface area contributed by atoms with Crippen molar-refractivity contribution in [3.8, 4) is 0 Å². The topological polar surface area (TPSA) is 693 Å². The van der Waals surface area contributed by atoms with Crippen LogP contribution in [0.25, 0.3) is 10.9 Å². The maximum Gasteiger partial charge on any atom is 0.246 e. The smallest absolute Gasteiger partial charge is 0.246 e. The van der Waals surface area contributed by atoms with E-state index in [9.17, 15) is 43.2 Å². The minimum Gasteiger partial charge on any atom is -0.370 e. The van der Waals surface area contributed by atoms with Gasteiger partial charge in [0.2, 0.25) is 82.7 Å². The molecule has 4 fully saturated rings. The lowest BCUT2D eigenvalue weighted by molar-refractivity contribution is -0.145. The Morgan fingerprint density at radius 2 is 1.11 bits per heavy atom. The predicted molar refractivity (Wildman–Crippen MR) is 439 cm³/mol. The number of nitrogens with two attached hydrogens (primary N) is 6. The van der Waals surface area contributed by atoms with Crippen molar-refractivity contribution >= 4 is 117 Å². The molecule has 0 radical (unpaired) electrons. The van der Waals surface area contributed by atoms with Crippen LogP contribution >= 0.6 is 0 Å². The summed E-state index contributed by atoms with van der Waals surface area (Å²) >= 11 is 0. The van der Waals surface area contributed by atoms with E-state index in [4.69, 9.17) is 56.0 Å². The summed E-state index contributed by atoms with van der Waals surface area (Å²) in [6, 6.07) is -2.50. The SMILES string of the molecule is CC(=O)N[C@@H](C)C(=O)N[C@@H](CCCNC(=N)N)C(=O)N[C@@H](Cc1c[nH]c2ccccc12)C(=O)N[C@H]1CCCC[C@@H](C(=O)N2CC[C@@H](C(=O)N[C@@H](CCCN)C(=O)N[C@@H](CCCNC(=N)N)C(=O)N[C@@H](CCCNC(=N)N)C(=O)N[C@@H](CCCNC(=N)N)C(N)=O)C2)NC(=O)C2(CCC2)NC(=O)[C@@H]2CCCN2C(=O)[C@H](Cc2cccc(F)c2)NC1=O. The number of carbonyl (C=O) groups is 14. The molecule has 14 amide bonds. The maximum absolute atomic E-state index is 15.4. The van der Waals surface area contributed by atoms with Crippen LogP contribution in [-0.2, 0) is 80.0 Å². The molecule has 0 bridgehead atoms. The number of aromatic nitrogens is 1. The van der Waals surface area contributed by atoms with Crippen molar-refractivity contribution in [2.45, 2.75) is 227 Å². The molecule has 3 saturated heterocycles. The monoisotopic (exact) mass is 1680 g/mol. The Kier molecular flexibility index (Phi) is 36.8. The molecule has 1 spiro atoms. The van der Waals surface area contributed by atoms with Crippen molar-refractivity contribution in [3.63, 3.8) is 0 Å². The molecule has 42 nitrogen and oxygen atoms in total. The number of primary amides is 1. The zero-order valence-electron chi connectivity index (χ0n) is 67.8. The zero-order chi connectivity index (χ0) is 87.8. The first-order chi connectivity index (χ1) is 57.1. The lowest BCUT2D eigenvalue weighted by Gasteiger charge is -2.43. The number of rotatable bonds is 40. The Hall–Kier alpha value is -12.5. The summed E-state index contributed by atoms with van der Waals surface area (Å²) in [4.78, 5) is 207. The first-order valence-electron chi connectivity index (χ1n) is 40.7. The number of halogens is 1. The van der Waals surface area contributed by atoms with E-state index in [2.05, 4.69) is 84.7 Å². The zero-order valence-corrected chi connectivity index (χ0v) is 67.8. The summed E-state index contributed by atoms with van der Waals surface area (Å²) in [6.45, 7) is 2.83. The van der Waals surface area contributed by atoms with Crippen molar-refractivity contribution in [3.05, 3.63) is 71.7 Å². The summed E-state index contributed by atoms with van der Waals surface area (Å²) in [5.41, 5.74) is 33.5. The van der Waals surface area contributed by atoms with Gasteiger partial charge in [0.25, 0.3) is 0 Å². The fraction of sp³-hybridized carbons (Fsp3) is 0.584. The molecule has 2 aromatic carbocycles. The molecule has 3 aliphatic heterocycles. The van der Waals surface area contributed by atoms with Crippen molar-refractivity contribution in [2.75, 3.05) is 52.4 Å². The molecule has 43 heteroatoms. The predicted octanol–water partition coefficient (Wildman–Crippen LogP) is -5.29. The minimum atomic E-state index is -1.57. The second kappa shape index (κ2) is 46.6. The third-order valence-corrected chi connectivity index (χ3v) is 21.5. The van der Waals surface area contributed by atoms with E-state index >= 15 is 28.4 Å². The highest BCUT2D eigenvalue weighted by Gasteiger charge is 2.50. The summed E-state index contributed by atoms with van der Waals surface area (Å²) < 4.78 is 15.0. The van der Waals surface area contributed by atoms with Gasteiger partial charge in [-0.15, -0.1) is 0 Å². The normalized spacial score (nSPS) is 19.8. The molecule has 32 N–H and O–H groups in total. The van der Waals surface area contributed by atoms with Crippen LogP contribution in [0.15, 0.2) is 54.7 Å². The third-order valence-electron chi connectivity index (χ3n) is 21.5.